The fourth-order valence-corrected chi connectivity index (χ4v) is 4.97. The molecule has 0 saturated heterocycles. The fraction of sp³-hybridized carbons (Fsp3) is 0.520. The van der Waals surface area contributed by atoms with Crippen LogP contribution in [0, 0.1) is 5.92 Å². The molecule has 0 radical (unpaired) electrons. The predicted octanol–water partition coefficient (Wildman–Crippen LogP) is 4.62. The molecule has 30 heavy (non-hydrogen) atoms. The van der Waals surface area contributed by atoms with E-state index in [1.54, 1.807) is 0 Å². The monoisotopic (exact) mass is 403 g/mol. The van der Waals surface area contributed by atoms with E-state index in [0.717, 1.165) is 55.0 Å². The van der Waals surface area contributed by atoms with Crippen LogP contribution in [-0.4, -0.2) is 27.5 Å². The summed E-state index contributed by atoms with van der Waals surface area (Å²) in [6.07, 6.45) is 11.5. The van der Waals surface area contributed by atoms with Gasteiger partial charge in [-0.25, -0.2) is 4.98 Å². The number of aromatic nitrogens is 3. The number of rotatable bonds is 9. The van der Waals surface area contributed by atoms with Crippen molar-refractivity contribution in [1.82, 2.24) is 20.3 Å². The minimum absolute atomic E-state index is 0.143. The van der Waals surface area contributed by atoms with Crippen LogP contribution in [0.5, 0.6) is 0 Å². The van der Waals surface area contributed by atoms with Gasteiger partial charge in [-0.3, -0.25) is 4.98 Å². The molecule has 3 aromatic rings. The summed E-state index contributed by atoms with van der Waals surface area (Å²) in [6, 6.07) is 13.1. The summed E-state index contributed by atoms with van der Waals surface area (Å²) >= 11 is 0. The molecule has 3 unspecified atom stereocenters. The summed E-state index contributed by atoms with van der Waals surface area (Å²) in [7, 11) is 0. The van der Waals surface area contributed by atoms with Gasteiger partial charge < -0.3 is 16.0 Å². The normalized spacial score (nSPS) is 20.8. The zero-order chi connectivity index (χ0) is 20.3. The number of fused-ring (bicyclic) bond motifs is 2. The van der Waals surface area contributed by atoms with Crippen molar-refractivity contribution in [2.75, 3.05) is 6.54 Å². The van der Waals surface area contributed by atoms with Crippen LogP contribution >= 0.6 is 0 Å². The Labute approximate surface area is 178 Å². The van der Waals surface area contributed by atoms with Crippen molar-refractivity contribution in [3.05, 3.63) is 59.7 Å². The zero-order valence-corrected chi connectivity index (χ0v) is 17.7. The minimum Gasteiger partial charge on any atom is -0.342 e. The predicted molar refractivity (Wildman–Crippen MR) is 121 cm³/mol. The molecule has 158 valence electrons. The number of nitrogens with one attached hydrogen (secondary N) is 2. The van der Waals surface area contributed by atoms with Gasteiger partial charge in [0.1, 0.15) is 5.82 Å². The Hall–Kier alpha value is -2.24. The van der Waals surface area contributed by atoms with E-state index in [9.17, 15) is 0 Å². The largest absolute Gasteiger partial charge is 0.342 e. The molecule has 0 bridgehead atoms. The average molecular weight is 404 g/mol. The van der Waals surface area contributed by atoms with E-state index in [2.05, 4.69) is 45.6 Å². The van der Waals surface area contributed by atoms with Gasteiger partial charge >= 0.3 is 0 Å². The van der Waals surface area contributed by atoms with Gasteiger partial charge in [-0.05, 0) is 74.8 Å². The maximum atomic E-state index is 6.74. The van der Waals surface area contributed by atoms with Gasteiger partial charge in [0.25, 0.3) is 0 Å². The van der Waals surface area contributed by atoms with E-state index >= 15 is 0 Å². The summed E-state index contributed by atoms with van der Waals surface area (Å²) in [6.45, 7) is 0.991. The lowest BCUT2D eigenvalue weighted by atomic mass is 9.90. The third-order valence-electron chi connectivity index (χ3n) is 6.86. The standard InChI is InChI=1S/C25H33N5/c26-20(8-5-14-27-23-11-3-6-18-7-4-15-28-24(18)23)19(16-17-12-13-17)25-29-21-9-1-2-10-22(21)30-25/h1-2,4,7,9-10,15,17,19-20,23,27H,3,5-6,8,11-14,16,26H2,(H,29,30). The molecule has 3 atom stereocenters. The van der Waals surface area contributed by atoms with Crippen molar-refractivity contribution in [3.8, 4) is 0 Å². The van der Waals surface area contributed by atoms with E-state index in [1.165, 1.54) is 36.9 Å². The van der Waals surface area contributed by atoms with Gasteiger partial charge in [-0.2, -0.15) is 0 Å². The number of aromatic amines is 1. The van der Waals surface area contributed by atoms with Gasteiger partial charge in [0.2, 0.25) is 0 Å². The summed E-state index contributed by atoms with van der Waals surface area (Å²) in [5.41, 5.74) is 11.6. The van der Waals surface area contributed by atoms with Crippen molar-refractivity contribution < 1.29 is 0 Å². The smallest absolute Gasteiger partial charge is 0.111 e. The van der Waals surface area contributed by atoms with Crippen molar-refractivity contribution >= 4 is 11.0 Å². The first-order valence-electron chi connectivity index (χ1n) is 11.7. The molecule has 0 amide bonds. The Bertz CT molecular complexity index is 943. The quantitative estimate of drug-likeness (QED) is 0.456. The Morgan fingerprint density at radius 1 is 1.13 bits per heavy atom. The summed E-state index contributed by atoms with van der Waals surface area (Å²) < 4.78 is 0. The lowest BCUT2D eigenvalue weighted by molar-refractivity contribution is 0.403. The van der Waals surface area contributed by atoms with Crippen LogP contribution in [0.2, 0.25) is 0 Å². The third kappa shape index (κ3) is 4.42. The van der Waals surface area contributed by atoms with Gasteiger partial charge in [0, 0.05) is 24.2 Å². The Morgan fingerprint density at radius 2 is 2.03 bits per heavy atom. The number of hydrogen-bond donors (Lipinski definition) is 3. The second-order valence-electron chi connectivity index (χ2n) is 9.18. The van der Waals surface area contributed by atoms with Gasteiger partial charge in [-0.1, -0.05) is 31.0 Å². The van der Waals surface area contributed by atoms with Crippen LogP contribution < -0.4 is 11.1 Å². The number of nitrogens with two attached hydrogens (primary N) is 1. The molecule has 0 spiro atoms. The van der Waals surface area contributed by atoms with E-state index < -0.39 is 0 Å². The first kappa shape index (κ1) is 19.7. The molecule has 5 rings (SSSR count). The van der Waals surface area contributed by atoms with Crippen molar-refractivity contribution in [2.24, 2.45) is 11.7 Å². The topological polar surface area (TPSA) is 79.6 Å². The molecule has 4 N–H and O–H groups in total. The maximum Gasteiger partial charge on any atom is 0.111 e. The molecule has 1 fully saturated rings. The lowest BCUT2D eigenvalue weighted by Crippen LogP contribution is -2.32. The number of pyridine rings is 1. The molecule has 2 aromatic heterocycles. The van der Waals surface area contributed by atoms with Crippen molar-refractivity contribution in [1.29, 1.82) is 0 Å². The van der Waals surface area contributed by atoms with Gasteiger partial charge in [0.05, 0.1) is 16.7 Å². The van der Waals surface area contributed by atoms with E-state index in [4.69, 9.17) is 10.7 Å². The number of para-hydroxylation sites is 2. The Balaban J connectivity index is 1.18. The average Bonchev–Trinajstić information content (AvgIpc) is 3.50. The van der Waals surface area contributed by atoms with Crippen LogP contribution in [0.4, 0.5) is 0 Å². The highest BCUT2D eigenvalue weighted by molar-refractivity contribution is 5.74. The molecule has 5 nitrogen and oxygen atoms in total. The summed E-state index contributed by atoms with van der Waals surface area (Å²) in [5.74, 6) is 2.23. The fourth-order valence-electron chi connectivity index (χ4n) is 4.97. The first-order valence-corrected chi connectivity index (χ1v) is 11.7. The second kappa shape index (κ2) is 8.86. The number of nitrogens with zero attached hydrogens (tertiary/aromatic N) is 2. The highest BCUT2D eigenvalue weighted by atomic mass is 15.0. The molecule has 0 aliphatic heterocycles. The van der Waals surface area contributed by atoms with Crippen LogP contribution in [0.3, 0.4) is 0 Å². The number of benzene rings is 1. The van der Waals surface area contributed by atoms with Crippen LogP contribution in [0.25, 0.3) is 11.0 Å². The maximum absolute atomic E-state index is 6.74. The molecule has 5 heteroatoms. The molecular formula is C25H33N5. The third-order valence-corrected chi connectivity index (χ3v) is 6.86. The van der Waals surface area contributed by atoms with Crippen molar-refractivity contribution in [2.45, 2.75) is 69.4 Å². The molecule has 2 aliphatic carbocycles. The Kier molecular flexibility index (Phi) is 5.82. The molecule has 2 heterocycles. The number of H-pyrrole nitrogens is 1. The molecule has 2 aliphatic rings. The highest BCUT2D eigenvalue weighted by Crippen LogP contribution is 2.40. The number of imidazole rings is 1. The Morgan fingerprint density at radius 3 is 2.90 bits per heavy atom. The lowest BCUT2D eigenvalue weighted by Gasteiger charge is -2.26. The summed E-state index contributed by atoms with van der Waals surface area (Å²) in [5, 5.41) is 3.74. The van der Waals surface area contributed by atoms with Crippen molar-refractivity contribution in [3.63, 3.8) is 0 Å². The summed E-state index contributed by atoms with van der Waals surface area (Å²) in [4.78, 5) is 13.1. The molecule has 1 aromatic carbocycles. The highest BCUT2D eigenvalue weighted by Gasteiger charge is 2.31. The van der Waals surface area contributed by atoms with E-state index in [0.29, 0.717) is 12.0 Å². The van der Waals surface area contributed by atoms with Crippen LogP contribution in [0.15, 0.2) is 42.6 Å². The molecule has 1 saturated carbocycles. The second-order valence-corrected chi connectivity index (χ2v) is 9.18. The number of aryl methyl sites for hydroxylation is 1. The first-order chi connectivity index (χ1) is 14.8. The molecular weight excluding hydrogens is 370 g/mol. The zero-order valence-electron chi connectivity index (χ0n) is 17.7. The minimum atomic E-state index is 0.143. The number of hydrogen-bond acceptors (Lipinski definition) is 4. The SMILES string of the molecule is NC(CCCNC1CCCc2cccnc21)C(CC1CC1)c1nc2ccccc2[nH]1. The van der Waals surface area contributed by atoms with E-state index in [1.807, 2.05) is 12.3 Å². The van der Waals surface area contributed by atoms with E-state index in [-0.39, 0.29) is 6.04 Å². The van der Waals surface area contributed by atoms with Gasteiger partial charge in [-0.15, -0.1) is 0 Å². The van der Waals surface area contributed by atoms with Crippen LogP contribution in [0.1, 0.15) is 74.0 Å². The van der Waals surface area contributed by atoms with Gasteiger partial charge in [0.15, 0.2) is 0 Å². The van der Waals surface area contributed by atoms with Crippen LogP contribution in [-0.2, 0) is 6.42 Å².